The molecule has 0 saturated heterocycles. The van der Waals surface area contributed by atoms with Crippen molar-refractivity contribution >= 4 is 11.6 Å². The van der Waals surface area contributed by atoms with Crippen molar-refractivity contribution in [3.05, 3.63) is 58.7 Å². The van der Waals surface area contributed by atoms with Crippen LogP contribution in [0.25, 0.3) is 0 Å². The first-order chi connectivity index (χ1) is 15.4. The van der Waals surface area contributed by atoms with Gasteiger partial charge in [-0.05, 0) is 61.8 Å². The Kier molecular flexibility index (Phi) is 10.4. The maximum absolute atomic E-state index is 12.9. The lowest BCUT2D eigenvalue weighted by molar-refractivity contribution is 0.0947. The van der Waals surface area contributed by atoms with E-state index < -0.39 is 0 Å². The molecule has 0 radical (unpaired) electrons. The summed E-state index contributed by atoms with van der Waals surface area (Å²) in [5, 5.41) is 8.92. The molecule has 5 heteroatoms. The Morgan fingerprint density at radius 2 is 1.50 bits per heavy atom. The van der Waals surface area contributed by atoms with E-state index in [1.165, 1.54) is 6.92 Å². The maximum Gasteiger partial charge on any atom is 0.163 e. The molecule has 1 N–H and O–H groups in total. The van der Waals surface area contributed by atoms with Crippen molar-refractivity contribution in [1.29, 1.82) is 0 Å². The molecule has 0 aliphatic heterocycles. The van der Waals surface area contributed by atoms with Crippen LogP contribution in [0.5, 0.6) is 11.5 Å². The Morgan fingerprint density at radius 3 is 2.12 bits per heavy atom. The number of hydrogen-bond acceptors (Lipinski definition) is 5. The highest BCUT2D eigenvalue weighted by Crippen LogP contribution is 2.32. The average molecular weight is 441 g/mol. The summed E-state index contributed by atoms with van der Waals surface area (Å²) in [4.78, 5) is 24.7. The summed E-state index contributed by atoms with van der Waals surface area (Å²) in [5.41, 5.74) is 3.09. The van der Waals surface area contributed by atoms with Gasteiger partial charge >= 0.3 is 0 Å². The first-order valence-electron chi connectivity index (χ1n) is 11.4. The van der Waals surface area contributed by atoms with Crippen LogP contribution in [0.4, 0.5) is 0 Å². The Labute approximate surface area is 191 Å². The Morgan fingerprint density at radius 1 is 0.906 bits per heavy atom. The molecule has 2 rings (SSSR count). The van der Waals surface area contributed by atoms with Gasteiger partial charge in [0, 0.05) is 24.2 Å². The van der Waals surface area contributed by atoms with Gasteiger partial charge in [0.15, 0.2) is 11.6 Å². The first-order valence-corrected chi connectivity index (χ1v) is 11.4. The Balaban J connectivity index is 2.10. The summed E-state index contributed by atoms with van der Waals surface area (Å²) in [6.07, 6.45) is 5.86. The van der Waals surface area contributed by atoms with E-state index in [-0.39, 0.29) is 24.1 Å². The molecule has 174 valence electrons. The maximum atomic E-state index is 12.9. The van der Waals surface area contributed by atoms with E-state index in [1.54, 1.807) is 38.5 Å². The fraction of sp³-hybridized carbons (Fsp3) is 0.481. The zero-order chi connectivity index (χ0) is 23.5. The molecule has 0 spiro atoms. The standard InChI is InChI=1S/C27H36O5/c1-19(16-25(30)24-13-9-8-12-23(24)20(2)29)15-22-18-26(31-3)21(17-27(22)32-4)11-7-5-6-10-14-28/h8-9,12-13,17-19,28H,5-7,10-11,14-16H2,1-4H3. The minimum atomic E-state index is -0.0973. The van der Waals surface area contributed by atoms with Gasteiger partial charge < -0.3 is 14.6 Å². The lowest BCUT2D eigenvalue weighted by Crippen LogP contribution is -2.12. The van der Waals surface area contributed by atoms with E-state index in [1.807, 2.05) is 19.1 Å². The van der Waals surface area contributed by atoms with Crippen molar-refractivity contribution < 1.29 is 24.2 Å². The molecule has 0 aliphatic carbocycles. The van der Waals surface area contributed by atoms with Gasteiger partial charge in [0.1, 0.15) is 11.5 Å². The van der Waals surface area contributed by atoms with Gasteiger partial charge in [-0.2, -0.15) is 0 Å². The number of benzene rings is 2. The molecule has 5 nitrogen and oxygen atoms in total. The number of carbonyl (C=O) groups is 2. The van der Waals surface area contributed by atoms with Crippen LogP contribution in [-0.2, 0) is 12.8 Å². The first kappa shape index (κ1) is 25.6. The summed E-state index contributed by atoms with van der Waals surface area (Å²) in [6.45, 7) is 3.77. The highest BCUT2D eigenvalue weighted by molar-refractivity contribution is 6.08. The van der Waals surface area contributed by atoms with Crippen LogP contribution in [0.3, 0.4) is 0 Å². The second-order valence-electron chi connectivity index (χ2n) is 8.40. The monoisotopic (exact) mass is 440 g/mol. The second kappa shape index (κ2) is 13.0. The lowest BCUT2D eigenvalue weighted by Gasteiger charge is -2.18. The molecule has 2 aromatic rings. The van der Waals surface area contributed by atoms with Crippen LogP contribution in [0.15, 0.2) is 36.4 Å². The van der Waals surface area contributed by atoms with Gasteiger partial charge in [0.2, 0.25) is 0 Å². The molecule has 0 amide bonds. The molecule has 1 atom stereocenters. The Hall–Kier alpha value is -2.66. The highest BCUT2D eigenvalue weighted by atomic mass is 16.5. The molecule has 0 saturated carbocycles. The number of carbonyl (C=O) groups excluding carboxylic acids is 2. The normalized spacial score (nSPS) is 11.8. The van der Waals surface area contributed by atoms with Gasteiger partial charge in [-0.1, -0.05) is 44.0 Å². The number of aryl methyl sites for hydroxylation is 1. The number of hydrogen-bond donors (Lipinski definition) is 1. The average Bonchev–Trinajstić information content (AvgIpc) is 2.79. The fourth-order valence-electron chi connectivity index (χ4n) is 4.07. The van der Waals surface area contributed by atoms with Gasteiger partial charge in [-0.3, -0.25) is 9.59 Å². The fourth-order valence-corrected chi connectivity index (χ4v) is 4.07. The van der Waals surface area contributed by atoms with Crippen LogP contribution in [0.2, 0.25) is 0 Å². The number of unbranched alkanes of at least 4 members (excludes halogenated alkanes) is 3. The number of rotatable bonds is 14. The summed E-state index contributed by atoms with van der Waals surface area (Å²) in [5.74, 6) is 1.60. The molecule has 0 fully saturated rings. The molecule has 2 aromatic carbocycles. The van der Waals surface area contributed by atoms with Crippen LogP contribution in [-0.4, -0.2) is 37.5 Å². The molecule has 0 heterocycles. The topological polar surface area (TPSA) is 72.8 Å². The SMILES string of the molecule is COc1cc(CC(C)CC(=O)c2ccccc2C(C)=O)c(OC)cc1CCCCCCO. The van der Waals surface area contributed by atoms with Crippen molar-refractivity contribution in [2.75, 3.05) is 20.8 Å². The summed E-state index contributed by atoms with van der Waals surface area (Å²) in [6, 6.07) is 11.1. The van der Waals surface area contributed by atoms with Crippen molar-refractivity contribution in [2.24, 2.45) is 5.92 Å². The van der Waals surface area contributed by atoms with Crippen molar-refractivity contribution in [3.63, 3.8) is 0 Å². The van der Waals surface area contributed by atoms with E-state index in [0.717, 1.165) is 54.7 Å². The number of ketones is 2. The van der Waals surface area contributed by atoms with Crippen LogP contribution in [0.1, 0.15) is 77.8 Å². The number of aliphatic hydroxyl groups is 1. The van der Waals surface area contributed by atoms with E-state index in [9.17, 15) is 9.59 Å². The van der Waals surface area contributed by atoms with Crippen LogP contribution in [0, 0.1) is 5.92 Å². The minimum absolute atomic E-state index is 0.0197. The highest BCUT2D eigenvalue weighted by Gasteiger charge is 2.19. The van der Waals surface area contributed by atoms with E-state index in [0.29, 0.717) is 24.0 Å². The van der Waals surface area contributed by atoms with E-state index in [2.05, 4.69) is 0 Å². The van der Waals surface area contributed by atoms with Crippen LogP contribution >= 0.6 is 0 Å². The number of methoxy groups -OCH3 is 2. The molecule has 0 bridgehead atoms. The number of aliphatic hydroxyl groups excluding tert-OH is 1. The smallest absolute Gasteiger partial charge is 0.163 e. The molecule has 1 unspecified atom stereocenters. The molecular formula is C27H36O5. The predicted molar refractivity (Wildman–Crippen MR) is 127 cm³/mol. The van der Waals surface area contributed by atoms with Crippen molar-refractivity contribution in [2.45, 2.75) is 58.8 Å². The van der Waals surface area contributed by atoms with Gasteiger partial charge in [0.05, 0.1) is 14.2 Å². The van der Waals surface area contributed by atoms with Crippen molar-refractivity contribution in [1.82, 2.24) is 0 Å². The summed E-state index contributed by atoms with van der Waals surface area (Å²) >= 11 is 0. The third kappa shape index (κ3) is 7.20. The quantitative estimate of drug-likeness (QED) is 0.312. The van der Waals surface area contributed by atoms with E-state index >= 15 is 0 Å². The number of ether oxygens (including phenoxy) is 2. The predicted octanol–water partition coefficient (Wildman–Crippen LogP) is 5.45. The van der Waals surface area contributed by atoms with Crippen LogP contribution < -0.4 is 9.47 Å². The molecule has 0 aromatic heterocycles. The largest absolute Gasteiger partial charge is 0.496 e. The third-order valence-corrected chi connectivity index (χ3v) is 5.75. The zero-order valence-corrected chi connectivity index (χ0v) is 19.8. The van der Waals surface area contributed by atoms with Gasteiger partial charge in [-0.25, -0.2) is 0 Å². The zero-order valence-electron chi connectivity index (χ0n) is 19.8. The second-order valence-corrected chi connectivity index (χ2v) is 8.40. The van der Waals surface area contributed by atoms with Gasteiger partial charge in [-0.15, -0.1) is 0 Å². The number of Topliss-reactive ketones (excluding diaryl/α,β-unsaturated/α-hetero) is 2. The molecule has 32 heavy (non-hydrogen) atoms. The van der Waals surface area contributed by atoms with Gasteiger partial charge in [0.25, 0.3) is 0 Å². The molecular weight excluding hydrogens is 404 g/mol. The molecule has 0 aliphatic rings. The third-order valence-electron chi connectivity index (χ3n) is 5.75. The minimum Gasteiger partial charge on any atom is -0.496 e. The van der Waals surface area contributed by atoms with Crippen molar-refractivity contribution in [3.8, 4) is 11.5 Å². The van der Waals surface area contributed by atoms with E-state index in [4.69, 9.17) is 14.6 Å². The summed E-state index contributed by atoms with van der Waals surface area (Å²) < 4.78 is 11.3. The Bertz CT molecular complexity index is 903. The summed E-state index contributed by atoms with van der Waals surface area (Å²) in [7, 11) is 3.34. The lowest BCUT2D eigenvalue weighted by atomic mass is 9.90.